The van der Waals surface area contributed by atoms with Crippen LogP contribution in [0.25, 0.3) is 0 Å². The maximum absolute atomic E-state index is 12.5. The van der Waals surface area contributed by atoms with Crippen molar-refractivity contribution in [1.82, 2.24) is 5.32 Å². The third-order valence-corrected chi connectivity index (χ3v) is 16.6. The van der Waals surface area contributed by atoms with Gasteiger partial charge in [0.25, 0.3) is 0 Å². The number of rotatable bonds is 66. The maximum atomic E-state index is 12.5. The Bertz CT molecular complexity index is 1140. The third kappa shape index (κ3) is 61.8. The lowest BCUT2D eigenvalue weighted by Gasteiger charge is -2.20. The van der Waals surface area contributed by atoms with Gasteiger partial charge in [-0.3, -0.25) is 9.59 Å². The molecule has 0 bridgehead atoms. The number of aliphatic hydroxyl groups excluding tert-OH is 2. The molecular weight excluding hydrogens is 935 g/mol. The van der Waals surface area contributed by atoms with E-state index >= 15 is 0 Å². The number of allylic oxidation sites excluding steroid dienone is 1. The van der Waals surface area contributed by atoms with Crippen molar-refractivity contribution in [2.75, 3.05) is 13.2 Å². The summed E-state index contributed by atoms with van der Waals surface area (Å²) in [5.74, 6) is -0.0426. The molecule has 0 radical (unpaired) electrons. The highest BCUT2D eigenvalue weighted by Crippen LogP contribution is 2.19. The van der Waals surface area contributed by atoms with Crippen LogP contribution in [0.3, 0.4) is 0 Å². The van der Waals surface area contributed by atoms with Crippen LogP contribution < -0.4 is 5.32 Å². The van der Waals surface area contributed by atoms with Crippen LogP contribution in [-0.2, 0) is 14.3 Å². The summed E-state index contributed by atoms with van der Waals surface area (Å²) in [7, 11) is 0. The van der Waals surface area contributed by atoms with Crippen molar-refractivity contribution in [3.8, 4) is 0 Å². The molecule has 0 aliphatic carbocycles. The summed E-state index contributed by atoms with van der Waals surface area (Å²) < 4.78 is 5.48. The van der Waals surface area contributed by atoms with Crippen molar-refractivity contribution < 1.29 is 24.5 Å². The Hall–Kier alpha value is -1.40. The Balaban J connectivity index is 3.38. The van der Waals surface area contributed by atoms with Crippen LogP contribution in [0.1, 0.15) is 399 Å². The summed E-state index contributed by atoms with van der Waals surface area (Å²) in [6.45, 7) is 4.95. The van der Waals surface area contributed by atoms with Crippen LogP contribution in [0.15, 0.2) is 12.2 Å². The number of carbonyl (C=O) groups is 2. The van der Waals surface area contributed by atoms with E-state index in [0.717, 1.165) is 38.5 Å². The fourth-order valence-corrected chi connectivity index (χ4v) is 11.2. The molecule has 1 amide bonds. The Morgan fingerprint density at radius 2 is 0.605 bits per heavy atom. The van der Waals surface area contributed by atoms with Gasteiger partial charge in [-0.05, 0) is 32.1 Å². The van der Waals surface area contributed by atoms with Gasteiger partial charge in [-0.2, -0.15) is 0 Å². The molecule has 0 fully saturated rings. The zero-order valence-electron chi connectivity index (χ0n) is 51.8. The van der Waals surface area contributed by atoms with Gasteiger partial charge in [-0.25, -0.2) is 0 Å². The number of ether oxygens (including phenoxy) is 1. The van der Waals surface area contributed by atoms with Gasteiger partial charge in [0.05, 0.1) is 25.4 Å². The number of carbonyl (C=O) groups excluding carboxylic acids is 2. The quantitative estimate of drug-likeness (QED) is 0.0320. The lowest BCUT2D eigenvalue weighted by Crippen LogP contribution is -2.45. The van der Waals surface area contributed by atoms with Crippen LogP contribution in [0.2, 0.25) is 0 Å². The summed E-state index contributed by atoms with van der Waals surface area (Å²) >= 11 is 0. The van der Waals surface area contributed by atoms with E-state index in [-0.39, 0.29) is 18.5 Å². The maximum Gasteiger partial charge on any atom is 0.305 e. The molecule has 3 N–H and O–H groups in total. The lowest BCUT2D eigenvalue weighted by atomic mass is 10.0. The van der Waals surface area contributed by atoms with E-state index in [2.05, 4.69) is 19.2 Å². The minimum Gasteiger partial charge on any atom is -0.466 e. The predicted octanol–water partition coefficient (Wildman–Crippen LogP) is 22.4. The number of amides is 1. The van der Waals surface area contributed by atoms with Crippen molar-refractivity contribution in [3.63, 3.8) is 0 Å². The SMILES string of the molecule is CCCCCCCCCCCCCCCCCCCCC/C=C/C(O)C(CO)NC(=O)CCCCCCCCCCCCCCCCCCCCCCCCCCCCOC(=O)CCCCCCCCCCCCCC. The molecule has 2 atom stereocenters. The van der Waals surface area contributed by atoms with Gasteiger partial charge in [0, 0.05) is 12.8 Å². The molecule has 0 heterocycles. The standard InChI is InChI=1S/C70H137NO5/c1-3-5-7-9-11-13-15-17-18-19-20-27-30-33-36-39-42-46-50-54-58-62-68(73)67(66-72)71-69(74)63-59-55-51-47-43-40-37-34-31-28-25-23-21-22-24-26-29-32-35-38-41-45-49-53-57-61-65-76-70(75)64-60-56-52-48-44-16-14-12-10-8-6-4-2/h58,62,67-68,72-73H,3-57,59-61,63-66H2,1-2H3,(H,71,74)/b62-58+. The van der Waals surface area contributed by atoms with E-state index in [9.17, 15) is 19.8 Å². The summed E-state index contributed by atoms with van der Waals surface area (Å²) in [6.07, 6.45) is 81.4. The molecule has 6 nitrogen and oxygen atoms in total. The average Bonchev–Trinajstić information content (AvgIpc) is 3.42. The molecule has 6 heteroatoms. The van der Waals surface area contributed by atoms with Crippen molar-refractivity contribution >= 4 is 11.9 Å². The van der Waals surface area contributed by atoms with Gasteiger partial charge in [0.2, 0.25) is 5.91 Å². The molecule has 0 aromatic heterocycles. The lowest BCUT2D eigenvalue weighted by molar-refractivity contribution is -0.143. The normalized spacial score (nSPS) is 12.5. The van der Waals surface area contributed by atoms with E-state index in [1.165, 1.54) is 334 Å². The van der Waals surface area contributed by atoms with Gasteiger partial charge in [0.1, 0.15) is 0 Å². The molecular formula is C70H137NO5. The molecule has 0 aromatic carbocycles. The first kappa shape index (κ1) is 74.6. The summed E-state index contributed by atoms with van der Waals surface area (Å²) in [5, 5.41) is 23.2. The summed E-state index contributed by atoms with van der Waals surface area (Å²) in [5.41, 5.74) is 0. The highest BCUT2D eigenvalue weighted by Gasteiger charge is 2.18. The van der Waals surface area contributed by atoms with Crippen molar-refractivity contribution in [2.45, 2.75) is 411 Å². The summed E-state index contributed by atoms with van der Waals surface area (Å²) in [4.78, 5) is 24.6. The minimum atomic E-state index is -0.843. The number of nitrogens with one attached hydrogen (secondary N) is 1. The fourth-order valence-electron chi connectivity index (χ4n) is 11.2. The molecule has 0 rings (SSSR count). The second-order valence-electron chi connectivity index (χ2n) is 24.2. The number of hydrogen-bond donors (Lipinski definition) is 3. The molecule has 0 spiro atoms. The first-order chi connectivity index (χ1) is 37.5. The van der Waals surface area contributed by atoms with Gasteiger partial charge < -0.3 is 20.3 Å². The highest BCUT2D eigenvalue weighted by molar-refractivity contribution is 5.76. The van der Waals surface area contributed by atoms with Crippen molar-refractivity contribution in [3.05, 3.63) is 12.2 Å². The Labute approximate surface area is 476 Å². The molecule has 0 aliphatic rings. The predicted molar refractivity (Wildman–Crippen MR) is 333 cm³/mol. The minimum absolute atomic E-state index is 0.0185. The highest BCUT2D eigenvalue weighted by atomic mass is 16.5. The van der Waals surface area contributed by atoms with Crippen molar-refractivity contribution in [1.29, 1.82) is 0 Å². The first-order valence-corrected chi connectivity index (χ1v) is 35.0. The zero-order chi connectivity index (χ0) is 55.0. The molecule has 0 aromatic rings. The van der Waals surface area contributed by atoms with Crippen LogP contribution in [0.4, 0.5) is 0 Å². The van der Waals surface area contributed by atoms with E-state index in [1.807, 2.05) is 6.08 Å². The van der Waals surface area contributed by atoms with Gasteiger partial charge in [0.15, 0.2) is 0 Å². The number of esters is 1. The molecule has 452 valence electrons. The first-order valence-electron chi connectivity index (χ1n) is 35.0. The largest absolute Gasteiger partial charge is 0.466 e. The third-order valence-electron chi connectivity index (χ3n) is 16.6. The van der Waals surface area contributed by atoms with Gasteiger partial charge >= 0.3 is 5.97 Å². The molecule has 0 saturated carbocycles. The van der Waals surface area contributed by atoms with E-state index in [1.54, 1.807) is 6.08 Å². The Kier molecular flexibility index (Phi) is 64.9. The van der Waals surface area contributed by atoms with E-state index < -0.39 is 12.1 Å². The van der Waals surface area contributed by atoms with Crippen molar-refractivity contribution in [2.24, 2.45) is 0 Å². The number of hydrogen-bond acceptors (Lipinski definition) is 5. The van der Waals surface area contributed by atoms with Gasteiger partial charge in [-0.15, -0.1) is 0 Å². The van der Waals surface area contributed by atoms with E-state index in [0.29, 0.717) is 19.4 Å². The smallest absolute Gasteiger partial charge is 0.305 e. The molecule has 0 saturated heterocycles. The topological polar surface area (TPSA) is 95.9 Å². The summed E-state index contributed by atoms with van der Waals surface area (Å²) in [6, 6.07) is -0.626. The Morgan fingerprint density at radius 1 is 0.355 bits per heavy atom. The number of unbranched alkanes of at least 4 members (excludes halogenated alkanes) is 55. The second kappa shape index (κ2) is 66.1. The molecule has 76 heavy (non-hydrogen) atoms. The van der Waals surface area contributed by atoms with Crippen LogP contribution in [0.5, 0.6) is 0 Å². The fraction of sp³-hybridized carbons (Fsp3) is 0.943. The Morgan fingerprint density at radius 3 is 0.895 bits per heavy atom. The van der Waals surface area contributed by atoms with E-state index in [4.69, 9.17) is 4.74 Å². The van der Waals surface area contributed by atoms with Crippen LogP contribution in [-0.4, -0.2) is 47.4 Å². The average molecular weight is 1070 g/mol. The number of aliphatic hydroxyl groups is 2. The van der Waals surface area contributed by atoms with Crippen LogP contribution in [0, 0.1) is 0 Å². The molecule has 2 unspecified atom stereocenters. The van der Waals surface area contributed by atoms with Gasteiger partial charge in [-0.1, -0.05) is 366 Å². The zero-order valence-corrected chi connectivity index (χ0v) is 51.8. The second-order valence-corrected chi connectivity index (χ2v) is 24.2. The van der Waals surface area contributed by atoms with Crippen LogP contribution >= 0.6 is 0 Å². The molecule has 0 aliphatic heterocycles. The monoisotopic (exact) mass is 1070 g/mol.